The van der Waals surface area contributed by atoms with Crippen molar-refractivity contribution in [1.29, 1.82) is 0 Å². The monoisotopic (exact) mass is 339 g/mol. The maximum Gasteiger partial charge on any atom is 0.254 e. The van der Waals surface area contributed by atoms with Crippen LogP contribution in [0, 0.1) is 0 Å². The third kappa shape index (κ3) is 2.80. The van der Waals surface area contributed by atoms with E-state index in [4.69, 9.17) is 5.73 Å². The average Bonchev–Trinajstić information content (AvgIpc) is 2.89. The molecule has 6 heteroatoms. The summed E-state index contributed by atoms with van der Waals surface area (Å²) in [5, 5.41) is 0. The van der Waals surface area contributed by atoms with Crippen LogP contribution in [0.15, 0.2) is 22.7 Å². The number of carbonyl (C=O) groups excluding carboxylic acids is 2. The van der Waals surface area contributed by atoms with Gasteiger partial charge in [-0.1, -0.05) is 0 Å². The van der Waals surface area contributed by atoms with Gasteiger partial charge in [0.2, 0.25) is 5.91 Å². The standard InChI is InChI=1S/C14H18BrN3O2/c1-17(2)14(20)12-4-3-7-18(12)13(19)9-5-6-11(16)10(15)8-9/h5-6,8,12H,3-4,7,16H2,1-2H3. The highest BCUT2D eigenvalue weighted by Crippen LogP contribution is 2.25. The van der Waals surface area contributed by atoms with Crippen molar-refractivity contribution >= 4 is 33.4 Å². The normalized spacial score (nSPS) is 18.1. The Kier molecular flexibility index (Phi) is 4.32. The molecule has 108 valence electrons. The van der Waals surface area contributed by atoms with Gasteiger partial charge in [-0.15, -0.1) is 0 Å². The Labute approximate surface area is 126 Å². The van der Waals surface area contributed by atoms with E-state index in [1.54, 1.807) is 37.2 Å². The number of hydrogen-bond acceptors (Lipinski definition) is 3. The van der Waals surface area contributed by atoms with Crippen molar-refractivity contribution in [3.8, 4) is 0 Å². The molecule has 0 aromatic heterocycles. The van der Waals surface area contributed by atoms with Gasteiger partial charge in [0.15, 0.2) is 0 Å². The summed E-state index contributed by atoms with van der Waals surface area (Å²) in [5.74, 6) is -0.145. The fourth-order valence-corrected chi connectivity index (χ4v) is 2.77. The van der Waals surface area contributed by atoms with Gasteiger partial charge >= 0.3 is 0 Å². The summed E-state index contributed by atoms with van der Waals surface area (Å²) in [6.07, 6.45) is 1.57. The summed E-state index contributed by atoms with van der Waals surface area (Å²) in [6, 6.07) is 4.73. The van der Waals surface area contributed by atoms with Crippen LogP contribution in [0.3, 0.4) is 0 Å². The van der Waals surface area contributed by atoms with E-state index in [1.165, 1.54) is 4.90 Å². The highest BCUT2D eigenvalue weighted by Gasteiger charge is 2.35. The van der Waals surface area contributed by atoms with E-state index < -0.39 is 0 Å². The molecule has 1 aromatic rings. The molecule has 20 heavy (non-hydrogen) atoms. The molecule has 0 radical (unpaired) electrons. The van der Waals surface area contributed by atoms with Crippen LogP contribution >= 0.6 is 15.9 Å². The molecule has 1 aliphatic heterocycles. The van der Waals surface area contributed by atoms with Crippen LogP contribution in [0.1, 0.15) is 23.2 Å². The van der Waals surface area contributed by atoms with Crippen molar-refractivity contribution in [2.75, 3.05) is 26.4 Å². The number of anilines is 1. The minimum Gasteiger partial charge on any atom is -0.398 e. The van der Waals surface area contributed by atoms with Gasteiger partial charge in [0.05, 0.1) is 0 Å². The summed E-state index contributed by atoms with van der Waals surface area (Å²) >= 11 is 3.32. The molecular weight excluding hydrogens is 322 g/mol. The third-order valence-corrected chi connectivity index (χ3v) is 4.17. The minimum absolute atomic E-state index is 0.0228. The largest absolute Gasteiger partial charge is 0.398 e. The van der Waals surface area contributed by atoms with Gasteiger partial charge in [0, 0.05) is 36.4 Å². The van der Waals surface area contributed by atoms with Crippen molar-refractivity contribution < 1.29 is 9.59 Å². The molecule has 2 N–H and O–H groups in total. The second kappa shape index (κ2) is 5.83. The molecule has 5 nitrogen and oxygen atoms in total. The number of likely N-dealkylation sites (tertiary alicyclic amines) is 1. The average molecular weight is 340 g/mol. The van der Waals surface area contributed by atoms with Gasteiger partial charge < -0.3 is 15.5 Å². The zero-order valence-corrected chi connectivity index (χ0v) is 13.2. The van der Waals surface area contributed by atoms with Gasteiger partial charge in [-0.2, -0.15) is 0 Å². The molecule has 0 bridgehead atoms. The molecule has 1 atom stereocenters. The van der Waals surface area contributed by atoms with Gasteiger partial charge in [-0.3, -0.25) is 9.59 Å². The van der Waals surface area contributed by atoms with E-state index in [0.717, 1.165) is 12.8 Å². The number of nitrogen functional groups attached to an aromatic ring is 1. The molecule has 1 aliphatic rings. The molecule has 1 aromatic carbocycles. The molecule has 0 aliphatic carbocycles. The van der Waals surface area contributed by atoms with E-state index in [9.17, 15) is 9.59 Å². The molecule has 0 spiro atoms. The van der Waals surface area contributed by atoms with Gasteiger partial charge in [0.1, 0.15) is 6.04 Å². The quantitative estimate of drug-likeness (QED) is 0.834. The second-order valence-corrected chi connectivity index (χ2v) is 5.98. The first-order valence-corrected chi connectivity index (χ1v) is 7.28. The van der Waals surface area contributed by atoms with Crippen LogP contribution in [0.5, 0.6) is 0 Å². The molecular formula is C14H18BrN3O2. The number of rotatable bonds is 2. The fourth-order valence-electron chi connectivity index (χ4n) is 2.39. The summed E-state index contributed by atoms with van der Waals surface area (Å²) in [4.78, 5) is 27.8. The second-order valence-electron chi connectivity index (χ2n) is 5.13. The lowest BCUT2D eigenvalue weighted by Crippen LogP contribution is -2.45. The number of carbonyl (C=O) groups is 2. The highest BCUT2D eigenvalue weighted by molar-refractivity contribution is 9.10. The van der Waals surface area contributed by atoms with Gasteiger partial charge in [-0.05, 0) is 47.0 Å². The molecule has 0 saturated carbocycles. The van der Waals surface area contributed by atoms with Gasteiger partial charge in [0.25, 0.3) is 5.91 Å². The van der Waals surface area contributed by atoms with E-state index in [1.807, 2.05) is 0 Å². The maximum absolute atomic E-state index is 12.5. The Morgan fingerprint density at radius 3 is 2.70 bits per heavy atom. The number of nitrogens with zero attached hydrogens (tertiary/aromatic N) is 2. The lowest BCUT2D eigenvalue weighted by atomic mass is 10.1. The zero-order valence-electron chi connectivity index (χ0n) is 11.6. The Morgan fingerprint density at radius 1 is 1.40 bits per heavy atom. The summed E-state index contributed by atoms with van der Waals surface area (Å²) < 4.78 is 0.693. The number of nitrogens with two attached hydrogens (primary N) is 1. The van der Waals surface area contributed by atoms with Crippen LogP contribution in [-0.4, -0.2) is 48.3 Å². The number of likely N-dealkylation sites (N-methyl/N-ethyl adjacent to an activating group) is 1. The highest BCUT2D eigenvalue weighted by atomic mass is 79.9. The van der Waals surface area contributed by atoms with E-state index >= 15 is 0 Å². The fraction of sp³-hybridized carbons (Fsp3) is 0.429. The number of hydrogen-bond donors (Lipinski definition) is 1. The van der Waals surface area contributed by atoms with Crippen molar-refractivity contribution in [3.05, 3.63) is 28.2 Å². The molecule has 1 heterocycles. The number of benzene rings is 1. The Balaban J connectivity index is 2.23. The van der Waals surface area contributed by atoms with Crippen LogP contribution in [0.4, 0.5) is 5.69 Å². The van der Waals surface area contributed by atoms with E-state index in [0.29, 0.717) is 22.3 Å². The van der Waals surface area contributed by atoms with Crippen LogP contribution in [0.25, 0.3) is 0 Å². The first kappa shape index (κ1) is 14.8. The molecule has 1 unspecified atom stereocenters. The minimum atomic E-state index is -0.353. The van der Waals surface area contributed by atoms with Crippen molar-refractivity contribution in [3.63, 3.8) is 0 Å². The Morgan fingerprint density at radius 2 is 2.10 bits per heavy atom. The van der Waals surface area contributed by atoms with E-state index in [2.05, 4.69) is 15.9 Å². The molecule has 1 fully saturated rings. The predicted octanol–water partition coefficient (Wildman–Crippen LogP) is 1.72. The van der Waals surface area contributed by atoms with Crippen LogP contribution in [0.2, 0.25) is 0 Å². The number of halogens is 1. The Bertz CT molecular complexity index is 545. The van der Waals surface area contributed by atoms with Crippen molar-refractivity contribution in [1.82, 2.24) is 9.80 Å². The summed E-state index contributed by atoms with van der Waals surface area (Å²) in [5.41, 5.74) is 6.86. The topological polar surface area (TPSA) is 66.6 Å². The lowest BCUT2D eigenvalue weighted by Gasteiger charge is -2.26. The van der Waals surface area contributed by atoms with Crippen LogP contribution < -0.4 is 5.73 Å². The summed E-state index contributed by atoms with van der Waals surface area (Å²) in [6.45, 7) is 0.616. The summed E-state index contributed by atoms with van der Waals surface area (Å²) in [7, 11) is 3.42. The van der Waals surface area contributed by atoms with Crippen molar-refractivity contribution in [2.45, 2.75) is 18.9 Å². The zero-order chi connectivity index (χ0) is 14.9. The van der Waals surface area contributed by atoms with Crippen molar-refractivity contribution in [2.24, 2.45) is 0 Å². The smallest absolute Gasteiger partial charge is 0.254 e. The van der Waals surface area contributed by atoms with E-state index in [-0.39, 0.29) is 17.9 Å². The van der Waals surface area contributed by atoms with Gasteiger partial charge in [-0.25, -0.2) is 0 Å². The molecule has 2 rings (SSSR count). The predicted molar refractivity (Wildman–Crippen MR) is 81.3 cm³/mol. The third-order valence-electron chi connectivity index (χ3n) is 3.49. The Hall–Kier alpha value is -1.56. The molecule has 2 amide bonds. The SMILES string of the molecule is CN(C)C(=O)C1CCCN1C(=O)c1ccc(N)c(Br)c1. The van der Waals surface area contributed by atoms with Crippen LogP contribution in [-0.2, 0) is 4.79 Å². The maximum atomic E-state index is 12.5. The lowest BCUT2D eigenvalue weighted by molar-refractivity contribution is -0.132. The number of amides is 2. The molecule has 1 saturated heterocycles. The first-order chi connectivity index (χ1) is 9.41. The first-order valence-electron chi connectivity index (χ1n) is 6.49.